The van der Waals surface area contributed by atoms with Crippen molar-refractivity contribution in [2.24, 2.45) is 0 Å². The highest BCUT2D eigenvalue weighted by atomic mass is 32.1. The maximum atomic E-state index is 13.3. The van der Waals surface area contributed by atoms with Gasteiger partial charge in [-0.2, -0.15) is 0 Å². The smallest absolute Gasteiger partial charge is 0.408 e. The average molecular weight is 394 g/mol. The lowest BCUT2D eigenvalue weighted by molar-refractivity contribution is 0.0496. The Morgan fingerprint density at radius 1 is 1.26 bits per heavy atom. The molecule has 2 aromatic rings. The van der Waals surface area contributed by atoms with Gasteiger partial charge in [-0.1, -0.05) is 12.1 Å². The van der Waals surface area contributed by atoms with E-state index in [0.29, 0.717) is 17.0 Å². The molecule has 1 aromatic carbocycles. The number of hydrogen-bond donors (Lipinski definition) is 1. The number of amides is 1. The second-order valence-electron chi connectivity index (χ2n) is 6.80. The van der Waals surface area contributed by atoms with Crippen LogP contribution < -0.4 is 5.32 Å². The summed E-state index contributed by atoms with van der Waals surface area (Å²) in [6, 6.07) is 5.35. The molecule has 1 heterocycles. The van der Waals surface area contributed by atoms with Gasteiger partial charge in [-0.3, -0.25) is 0 Å². The first-order chi connectivity index (χ1) is 12.7. The van der Waals surface area contributed by atoms with E-state index in [-0.39, 0.29) is 18.1 Å². The first-order valence-corrected chi connectivity index (χ1v) is 9.42. The Bertz CT molecular complexity index is 784. The van der Waals surface area contributed by atoms with Gasteiger partial charge in [0.15, 0.2) is 5.69 Å². The van der Waals surface area contributed by atoms with E-state index >= 15 is 0 Å². The van der Waals surface area contributed by atoms with Gasteiger partial charge >= 0.3 is 12.1 Å². The molecule has 1 aromatic heterocycles. The topological polar surface area (TPSA) is 77.5 Å². The molecule has 2 rings (SSSR count). The van der Waals surface area contributed by atoms with Crippen molar-refractivity contribution in [1.82, 2.24) is 10.3 Å². The van der Waals surface area contributed by atoms with Crippen LogP contribution in [0.15, 0.2) is 29.6 Å². The molecule has 0 saturated heterocycles. The van der Waals surface area contributed by atoms with Gasteiger partial charge < -0.3 is 14.8 Å². The van der Waals surface area contributed by atoms with Gasteiger partial charge in [0.05, 0.1) is 17.7 Å². The number of esters is 1. The normalized spacial score (nSPS) is 12.3. The summed E-state index contributed by atoms with van der Waals surface area (Å²) in [7, 11) is 0. The molecular weight excluding hydrogens is 371 g/mol. The van der Waals surface area contributed by atoms with Crippen LogP contribution >= 0.6 is 11.3 Å². The number of aromatic nitrogens is 1. The van der Waals surface area contributed by atoms with E-state index in [1.807, 2.05) is 0 Å². The van der Waals surface area contributed by atoms with E-state index in [2.05, 4.69) is 10.3 Å². The van der Waals surface area contributed by atoms with Crippen molar-refractivity contribution in [1.29, 1.82) is 0 Å². The van der Waals surface area contributed by atoms with E-state index < -0.39 is 23.7 Å². The number of rotatable bonds is 6. The van der Waals surface area contributed by atoms with Crippen LogP contribution in [0, 0.1) is 5.82 Å². The van der Waals surface area contributed by atoms with E-state index in [0.717, 1.165) is 0 Å². The predicted molar refractivity (Wildman–Crippen MR) is 100 cm³/mol. The Morgan fingerprint density at radius 2 is 1.93 bits per heavy atom. The summed E-state index contributed by atoms with van der Waals surface area (Å²) in [5, 5.41) is 5.04. The van der Waals surface area contributed by atoms with Crippen LogP contribution in [0.4, 0.5) is 9.18 Å². The number of alkyl carbamates (subject to hydrolysis) is 1. The van der Waals surface area contributed by atoms with Crippen LogP contribution in [0.25, 0.3) is 0 Å². The maximum absolute atomic E-state index is 13.3. The summed E-state index contributed by atoms with van der Waals surface area (Å²) in [5.74, 6) is -0.855. The number of benzene rings is 1. The first kappa shape index (κ1) is 20.8. The van der Waals surface area contributed by atoms with Crippen molar-refractivity contribution in [3.63, 3.8) is 0 Å². The molecule has 0 saturated carbocycles. The standard InChI is InChI=1S/C19H23FN2O4S/c1-5-25-17(23)15-11-27-16(21-15)10-14(12-6-8-13(20)9-7-12)22-18(24)26-19(2,3)4/h6-9,11,14H,5,10H2,1-4H3,(H,22,24). The molecule has 0 radical (unpaired) electrons. The zero-order valence-corrected chi connectivity index (χ0v) is 16.6. The van der Waals surface area contributed by atoms with Gasteiger partial charge in [0.25, 0.3) is 0 Å². The number of thiazole rings is 1. The van der Waals surface area contributed by atoms with Gasteiger partial charge in [0.2, 0.25) is 0 Å². The third kappa shape index (κ3) is 6.63. The fourth-order valence-electron chi connectivity index (χ4n) is 2.28. The van der Waals surface area contributed by atoms with Crippen molar-refractivity contribution in [2.75, 3.05) is 6.61 Å². The lowest BCUT2D eigenvalue weighted by Gasteiger charge is -2.23. The van der Waals surface area contributed by atoms with Crippen molar-refractivity contribution >= 4 is 23.4 Å². The molecule has 0 bridgehead atoms. The van der Waals surface area contributed by atoms with Crippen LogP contribution in [0.1, 0.15) is 54.8 Å². The minimum atomic E-state index is -0.643. The largest absolute Gasteiger partial charge is 0.461 e. The highest BCUT2D eigenvalue weighted by Gasteiger charge is 2.22. The quantitative estimate of drug-likeness (QED) is 0.741. The van der Waals surface area contributed by atoms with E-state index in [9.17, 15) is 14.0 Å². The second-order valence-corrected chi connectivity index (χ2v) is 7.74. The molecule has 146 valence electrons. The van der Waals surface area contributed by atoms with Crippen LogP contribution in [-0.4, -0.2) is 29.3 Å². The minimum absolute atomic E-state index is 0.229. The number of carbonyl (C=O) groups is 2. The molecule has 0 spiro atoms. The molecule has 6 nitrogen and oxygen atoms in total. The van der Waals surface area contributed by atoms with Gasteiger partial charge in [-0.25, -0.2) is 19.0 Å². The Labute approximate surface area is 161 Å². The van der Waals surface area contributed by atoms with Gasteiger partial charge in [0, 0.05) is 11.8 Å². The Morgan fingerprint density at radius 3 is 2.52 bits per heavy atom. The summed E-state index contributed by atoms with van der Waals surface area (Å²) < 4.78 is 23.5. The van der Waals surface area contributed by atoms with Crippen molar-refractivity contribution < 1.29 is 23.5 Å². The number of nitrogens with one attached hydrogen (secondary N) is 1. The van der Waals surface area contributed by atoms with Crippen molar-refractivity contribution in [3.05, 3.63) is 51.7 Å². The van der Waals surface area contributed by atoms with Crippen LogP contribution in [0.5, 0.6) is 0 Å². The zero-order chi connectivity index (χ0) is 20.0. The molecular formula is C19H23FN2O4S. The zero-order valence-electron chi connectivity index (χ0n) is 15.7. The lowest BCUT2D eigenvalue weighted by atomic mass is 10.0. The SMILES string of the molecule is CCOC(=O)c1csc(CC(NC(=O)OC(C)(C)C)c2ccc(F)cc2)n1. The van der Waals surface area contributed by atoms with E-state index in [1.165, 1.54) is 23.5 Å². The molecule has 0 aliphatic heterocycles. The maximum Gasteiger partial charge on any atom is 0.408 e. The average Bonchev–Trinajstić information content (AvgIpc) is 3.02. The molecule has 1 N–H and O–H groups in total. The van der Waals surface area contributed by atoms with Crippen LogP contribution in [0.2, 0.25) is 0 Å². The van der Waals surface area contributed by atoms with E-state index in [4.69, 9.17) is 9.47 Å². The number of hydrogen-bond acceptors (Lipinski definition) is 6. The fourth-order valence-corrected chi connectivity index (χ4v) is 3.09. The summed E-state index contributed by atoms with van der Waals surface area (Å²) in [4.78, 5) is 28.2. The molecule has 0 fully saturated rings. The van der Waals surface area contributed by atoms with Gasteiger partial charge in [0.1, 0.15) is 11.4 Å². The summed E-state index contributed by atoms with van der Waals surface area (Å²) in [5.41, 5.74) is 0.289. The third-order valence-corrected chi connectivity index (χ3v) is 4.25. The molecule has 0 aliphatic rings. The molecule has 0 aliphatic carbocycles. The first-order valence-electron chi connectivity index (χ1n) is 8.54. The Kier molecular flexibility index (Phi) is 6.90. The second kappa shape index (κ2) is 8.94. The predicted octanol–water partition coefficient (Wildman–Crippen LogP) is 4.27. The van der Waals surface area contributed by atoms with Crippen LogP contribution in [0.3, 0.4) is 0 Å². The molecule has 1 unspecified atom stereocenters. The van der Waals surface area contributed by atoms with Crippen molar-refractivity contribution in [2.45, 2.75) is 45.8 Å². The number of ether oxygens (including phenoxy) is 2. The molecule has 27 heavy (non-hydrogen) atoms. The van der Waals surface area contributed by atoms with Crippen molar-refractivity contribution in [3.8, 4) is 0 Å². The van der Waals surface area contributed by atoms with Crippen LogP contribution in [-0.2, 0) is 15.9 Å². The number of halogens is 1. The highest BCUT2D eigenvalue weighted by molar-refractivity contribution is 7.09. The van der Waals surface area contributed by atoms with E-state index in [1.54, 1.807) is 45.2 Å². The molecule has 8 heteroatoms. The summed E-state index contributed by atoms with van der Waals surface area (Å²) >= 11 is 1.29. The minimum Gasteiger partial charge on any atom is -0.461 e. The number of nitrogens with zero attached hydrogens (tertiary/aromatic N) is 1. The van der Waals surface area contributed by atoms with Gasteiger partial charge in [-0.15, -0.1) is 11.3 Å². The fraction of sp³-hybridized carbons (Fsp3) is 0.421. The monoisotopic (exact) mass is 394 g/mol. The Balaban J connectivity index is 2.18. The highest BCUT2D eigenvalue weighted by Crippen LogP contribution is 2.22. The molecule has 1 amide bonds. The Hall–Kier alpha value is -2.48. The summed E-state index contributed by atoms with van der Waals surface area (Å²) in [6.45, 7) is 7.30. The third-order valence-electron chi connectivity index (χ3n) is 3.38. The summed E-state index contributed by atoms with van der Waals surface area (Å²) in [6.07, 6.45) is -0.256. The number of carbonyl (C=O) groups excluding carboxylic acids is 2. The lowest BCUT2D eigenvalue weighted by Crippen LogP contribution is -2.35. The molecule has 1 atom stereocenters. The van der Waals surface area contributed by atoms with Gasteiger partial charge in [-0.05, 0) is 45.4 Å².